The summed E-state index contributed by atoms with van der Waals surface area (Å²) < 4.78 is 25.0. The molecule has 1 aromatic rings. The van der Waals surface area contributed by atoms with Gasteiger partial charge in [-0.2, -0.15) is 0 Å². The van der Waals surface area contributed by atoms with E-state index in [4.69, 9.17) is 5.84 Å². The Morgan fingerprint density at radius 3 is 2.76 bits per heavy atom. The van der Waals surface area contributed by atoms with Crippen LogP contribution < -0.4 is 11.3 Å². The van der Waals surface area contributed by atoms with Crippen molar-refractivity contribution < 1.29 is 8.42 Å². The van der Waals surface area contributed by atoms with Crippen LogP contribution >= 0.6 is 11.3 Å². The number of thiophene rings is 1. The minimum Gasteiger partial charge on any atom is -0.271 e. The summed E-state index contributed by atoms with van der Waals surface area (Å²) in [6, 6.07) is 2.29. The van der Waals surface area contributed by atoms with Crippen molar-refractivity contribution in [1.82, 2.24) is 9.73 Å². The molecule has 5 nitrogen and oxygen atoms in total. The van der Waals surface area contributed by atoms with Gasteiger partial charge in [-0.25, -0.2) is 12.7 Å². The summed E-state index contributed by atoms with van der Waals surface area (Å²) in [5.41, 5.74) is 4.19. The van der Waals surface area contributed by atoms with Crippen LogP contribution in [0.3, 0.4) is 0 Å². The normalized spacial score (nSPS) is 22.4. The van der Waals surface area contributed by atoms with Crippen LogP contribution in [0, 0.1) is 19.8 Å². The van der Waals surface area contributed by atoms with Gasteiger partial charge in [-0.05, 0) is 50.7 Å². The molecule has 2 rings (SSSR count). The predicted molar refractivity (Wildman–Crippen MR) is 87.6 cm³/mol. The molecule has 0 aliphatic carbocycles. The third-order valence-electron chi connectivity index (χ3n) is 4.25. The fourth-order valence-corrected chi connectivity index (χ4v) is 4.95. The molecule has 21 heavy (non-hydrogen) atoms. The number of nitrogens with two attached hydrogens (primary N) is 1. The van der Waals surface area contributed by atoms with Crippen molar-refractivity contribution in [3.8, 4) is 0 Å². The van der Waals surface area contributed by atoms with Gasteiger partial charge < -0.3 is 0 Å². The number of hydrazine groups is 1. The van der Waals surface area contributed by atoms with E-state index in [1.165, 1.54) is 21.6 Å². The Morgan fingerprint density at radius 2 is 2.24 bits per heavy atom. The average molecular weight is 332 g/mol. The molecule has 0 spiro atoms. The zero-order valence-corrected chi connectivity index (χ0v) is 14.6. The molecule has 1 fully saturated rings. The highest BCUT2D eigenvalue weighted by Gasteiger charge is 2.28. The highest BCUT2D eigenvalue weighted by atomic mass is 32.2. The molecule has 1 aromatic heterocycles. The van der Waals surface area contributed by atoms with Crippen molar-refractivity contribution in [2.75, 3.05) is 19.3 Å². The van der Waals surface area contributed by atoms with Crippen LogP contribution in [0.25, 0.3) is 0 Å². The molecule has 2 unspecified atom stereocenters. The molecule has 120 valence electrons. The van der Waals surface area contributed by atoms with Crippen molar-refractivity contribution in [3.63, 3.8) is 0 Å². The van der Waals surface area contributed by atoms with Gasteiger partial charge in [-0.3, -0.25) is 11.3 Å². The molecule has 2 heterocycles. The van der Waals surface area contributed by atoms with E-state index in [2.05, 4.69) is 25.3 Å². The summed E-state index contributed by atoms with van der Waals surface area (Å²) in [4.78, 5) is 2.55. The minimum atomic E-state index is -3.08. The first-order chi connectivity index (χ1) is 9.81. The zero-order valence-electron chi connectivity index (χ0n) is 12.9. The van der Waals surface area contributed by atoms with Crippen molar-refractivity contribution >= 4 is 21.4 Å². The first-order valence-electron chi connectivity index (χ1n) is 7.29. The summed E-state index contributed by atoms with van der Waals surface area (Å²) in [6.45, 7) is 5.48. The molecule has 0 saturated carbocycles. The lowest BCUT2D eigenvalue weighted by Gasteiger charge is -2.32. The first kappa shape index (κ1) is 16.9. The highest BCUT2D eigenvalue weighted by molar-refractivity contribution is 7.88. The maximum atomic E-state index is 11.7. The Balaban J connectivity index is 2.04. The van der Waals surface area contributed by atoms with Crippen LogP contribution in [0.1, 0.15) is 40.6 Å². The van der Waals surface area contributed by atoms with Gasteiger partial charge in [0.15, 0.2) is 0 Å². The predicted octanol–water partition coefficient (Wildman–Crippen LogP) is 1.93. The Labute approximate surface area is 131 Å². The molecule has 0 amide bonds. The fourth-order valence-electron chi connectivity index (χ4n) is 2.89. The van der Waals surface area contributed by atoms with Crippen LogP contribution in [0.5, 0.6) is 0 Å². The van der Waals surface area contributed by atoms with Gasteiger partial charge in [-0.1, -0.05) is 0 Å². The van der Waals surface area contributed by atoms with Gasteiger partial charge in [0.25, 0.3) is 0 Å². The SMILES string of the molecule is Cc1cc(C(CC2CCCN(S(C)(=O)=O)C2)NN)sc1C. The van der Waals surface area contributed by atoms with Gasteiger partial charge in [0.1, 0.15) is 0 Å². The molecular formula is C14H25N3O2S2. The zero-order chi connectivity index (χ0) is 15.6. The summed E-state index contributed by atoms with van der Waals surface area (Å²) in [6.07, 6.45) is 4.16. The highest BCUT2D eigenvalue weighted by Crippen LogP contribution is 2.32. The van der Waals surface area contributed by atoms with Gasteiger partial charge in [0.2, 0.25) is 10.0 Å². The van der Waals surface area contributed by atoms with Crippen molar-refractivity contribution in [2.24, 2.45) is 11.8 Å². The number of piperidine rings is 1. The summed E-state index contributed by atoms with van der Waals surface area (Å²) in [7, 11) is -3.08. The van der Waals surface area contributed by atoms with Crippen LogP contribution in [-0.4, -0.2) is 32.1 Å². The fraction of sp³-hybridized carbons (Fsp3) is 0.714. The summed E-state index contributed by atoms with van der Waals surface area (Å²) >= 11 is 1.77. The Bertz CT molecular complexity index is 564. The first-order valence-corrected chi connectivity index (χ1v) is 9.96. The standard InChI is InChI=1S/C14H25N3O2S2/c1-10-7-14(20-11(10)2)13(16-15)8-12-5-4-6-17(9-12)21(3,18)19/h7,12-13,16H,4-6,8-9,15H2,1-3H3. The van der Waals surface area contributed by atoms with E-state index in [0.717, 1.165) is 19.3 Å². The van der Waals surface area contributed by atoms with E-state index < -0.39 is 10.0 Å². The molecule has 1 aliphatic heterocycles. The van der Waals surface area contributed by atoms with Crippen molar-refractivity contribution in [1.29, 1.82) is 0 Å². The second-order valence-corrected chi connectivity index (χ2v) is 9.24. The summed E-state index contributed by atoms with van der Waals surface area (Å²) in [5.74, 6) is 6.09. The van der Waals surface area contributed by atoms with Crippen LogP contribution in [0.4, 0.5) is 0 Å². The molecule has 0 radical (unpaired) electrons. The second-order valence-electron chi connectivity index (χ2n) is 5.97. The topological polar surface area (TPSA) is 75.4 Å². The van der Waals surface area contributed by atoms with Crippen molar-refractivity contribution in [3.05, 3.63) is 21.4 Å². The number of sulfonamides is 1. The number of aryl methyl sites for hydroxylation is 2. The van der Waals surface area contributed by atoms with Crippen LogP contribution in [0.15, 0.2) is 6.07 Å². The van der Waals surface area contributed by atoms with E-state index in [1.54, 1.807) is 15.6 Å². The van der Waals surface area contributed by atoms with Gasteiger partial charge in [0, 0.05) is 22.8 Å². The average Bonchev–Trinajstić information content (AvgIpc) is 2.75. The summed E-state index contributed by atoms with van der Waals surface area (Å²) in [5, 5.41) is 0. The third-order valence-corrected chi connectivity index (χ3v) is 6.79. The number of rotatable bonds is 5. The van der Waals surface area contributed by atoms with Gasteiger partial charge in [0.05, 0.1) is 12.3 Å². The number of nitrogens with one attached hydrogen (secondary N) is 1. The molecule has 3 N–H and O–H groups in total. The van der Waals surface area contributed by atoms with E-state index >= 15 is 0 Å². The maximum absolute atomic E-state index is 11.7. The molecule has 1 saturated heterocycles. The van der Waals surface area contributed by atoms with Gasteiger partial charge in [-0.15, -0.1) is 11.3 Å². The van der Waals surface area contributed by atoms with Gasteiger partial charge >= 0.3 is 0 Å². The second kappa shape index (κ2) is 6.75. The van der Waals surface area contributed by atoms with Crippen LogP contribution in [-0.2, 0) is 10.0 Å². The number of hydrogen-bond donors (Lipinski definition) is 2. The lowest BCUT2D eigenvalue weighted by Crippen LogP contribution is -2.40. The van der Waals surface area contributed by atoms with E-state index in [-0.39, 0.29) is 6.04 Å². The number of hydrogen-bond acceptors (Lipinski definition) is 5. The smallest absolute Gasteiger partial charge is 0.211 e. The Morgan fingerprint density at radius 1 is 1.52 bits per heavy atom. The van der Waals surface area contributed by atoms with Crippen LogP contribution in [0.2, 0.25) is 0 Å². The molecule has 0 bridgehead atoms. The monoisotopic (exact) mass is 331 g/mol. The number of nitrogens with zero attached hydrogens (tertiary/aromatic N) is 1. The van der Waals surface area contributed by atoms with E-state index in [0.29, 0.717) is 19.0 Å². The van der Waals surface area contributed by atoms with E-state index in [9.17, 15) is 8.42 Å². The Hall–Kier alpha value is -0.470. The molecule has 7 heteroatoms. The minimum absolute atomic E-state index is 0.104. The molecule has 0 aromatic carbocycles. The molecule has 1 aliphatic rings. The quantitative estimate of drug-likeness (QED) is 0.638. The molecular weight excluding hydrogens is 306 g/mol. The third kappa shape index (κ3) is 4.26. The largest absolute Gasteiger partial charge is 0.271 e. The van der Waals surface area contributed by atoms with E-state index in [1.807, 2.05) is 0 Å². The lowest BCUT2D eigenvalue weighted by atomic mass is 9.92. The lowest BCUT2D eigenvalue weighted by molar-refractivity contribution is 0.239. The maximum Gasteiger partial charge on any atom is 0.211 e. The molecule has 2 atom stereocenters. The van der Waals surface area contributed by atoms with Crippen molar-refractivity contribution in [2.45, 2.75) is 39.2 Å². The Kier molecular flexibility index (Phi) is 5.43.